The number of methoxy groups -OCH3 is 1. The summed E-state index contributed by atoms with van der Waals surface area (Å²) in [5, 5.41) is 3.64. The number of ether oxygens (including phenoxy) is 1. The molecule has 42 heavy (non-hydrogen) atoms. The predicted molar refractivity (Wildman–Crippen MR) is 168 cm³/mol. The summed E-state index contributed by atoms with van der Waals surface area (Å²) >= 11 is 0. The molecule has 0 saturated carbocycles. The largest absolute Gasteiger partial charge is 0.469 e. The van der Waals surface area contributed by atoms with Gasteiger partial charge in [-0.2, -0.15) is 0 Å². The molecule has 1 saturated heterocycles. The number of hydrogen-bond acceptors (Lipinski definition) is 5. The number of halogens is 1. The van der Waals surface area contributed by atoms with E-state index >= 15 is 0 Å². The molecule has 0 spiro atoms. The summed E-state index contributed by atoms with van der Waals surface area (Å²) in [6, 6.07) is 16.0. The predicted octanol–water partition coefficient (Wildman–Crippen LogP) is 6.12. The quantitative estimate of drug-likeness (QED) is 0.249. The Kier molecular flexibility index (Phi) is 10.7. The Morgan fingerprint density at radius 2 is 1.74 bits per heavy atom. The normalized spacial score (nSPS) is 15.4. The van der Waals surface area contributed by atoms with Gasteiger partial charge in [0, 0.05) is 50.5 Å². The fourth-order valence-electron chi connectivity index (χ4n) is 6.06. The van der Waals surface area contributed by atoms with Crippen LogP contribution < -0.4 is 10.9 Å². The average Bonchev–Trinajstić information content (AvgIpc) is 2.92. The zero-order valence-corrected chi connectivity index (χ0v) is 26.0. The summed E-state index contributed by atoms with van der Waals surface area (Å²) < 4.78 is 20.2. The van der Waals surface area contributed by atoms with E-state index in [0.717, 1.165) is 41.6 Å². The van der Waals surface area contributed by atoms with Gasteiger partial charge in [-0.15, -0.1) is 0 Å². The first-order chi connectivity index (χ1) is 20.0. The number of carbonyl (C=O) groups excluding carboxylic acids is 1. The molecule has 0 bridgehead atoms. The van der Waals surface area contributed by atoms with E-state index in [2.05, 4.69) is 68.2 Å². The van der Waals surface area contributed by atoms with Crippen molar-refractivity contribution in [2.75, 3.05) is 33.3 Å². The summed E-state index contributed by atoms with van der Waals surface area (Å²) in [4.78, 5) is 27.9. The van der Waals surface area contributed by atoms with Gasteiger partial charge in [0.05, 0.1) is 13.5 Å². The van der Waals surface area contributed by atoms with E-state index in [-0.39, 0.29) is 30.0 Å². The number of esters is 1. The lowest BCUT2D eigenvalue weighted by Gasteiger charge is -2.34. The van der Waals surface area contributed by atoms with E-state index in [0.29, 0.717) is 25.6 Å². The zero-order chi connectivity index (χ0) is 30.4. The molecule has 1 fully saturated rings. The maximum atomic E-state index is 13.3. The van der Waals surface area contributed by atoms with Crippen LogP contribution in [-0.4, -0.2) is 54.9 Å². The Hall–Kier alpha value is -3.29. The molecule has 2 atom stereocenters. The van der Waals surface area contributed by atoms with Crippen LogP contribution in [0.2, 0.25) is 0 Å². The van der Waals surface area contributed by atoms with Crippen molar-refractivity contribution in [2.24, 2.45) is 5.92 Å². The van der Waals surface area contributed by atoms with Gasteiger partial charge in [-0.3, -0.25) is 14.5 Å². The van der Waals surface area contributed by atoms with Crippen LogP contribution in [0, 0.1) is 26.7 Å². The molecule has 1 N–H and O–H groups in total. The number of likely N-dealkylation sites (tertiary alicyclic amines) is 1. The van der Waals surface area contributed by atoms with Crippen molar-refractivity contribution in [1.29, 1.82) is 0 Å². The maximum Gasteiger partial charge on any atom is 0.307 e. The first kappa shape index (κ1) is 31.6. The molecule has 2 heterocycles. The molecule has 0 aliphatic carbocycles. The molecule has 3 aromatic rings. The van der Waals surface area contributed by atoms with Crippen molar-refractivity contribution in [3.05, 3.63) is 92.9 Å². The van der Waals surface area contributed by atoms with Gasteiger partial charge in [-0.25, -0.2) is 4.39 Å². The Labute approximate surface area is 249 Å². The number of aryl methyl sites for hydroxylation is 3. The molecule has 226 valence electrons. The van der Waals surface area contributed by atoms with Crippen molar-refractivity contribution in [2.45, 2.75) is 72.1 Å². The number of nitrogens with one attached hydrogen (secondary N) is 1. The summed E-state index contributed by atoms with van der Waals surface area (Å²) in [6.45, 7) is 12.8. The van der Waals surface area contributed by atoms with Crippen molar-refractivity contribution < 1.29 is 13.9 Å². The number of pyridine rings is 1. The van der Waals surface area contributed by atoms with Crippen molar-refractivity contribution >= 4 is 5.97 Å². The minimum absolute atomic E-state index is 0.0296. The van der Waals surface area contributed by atoms with E-state index in [4.69, 9.17) is 4.74 Å². The molecular weight excluding hydrogens is 529 g/mol. The average molecular weight is 576 g/mol. The van der Waals surface area contributed by atoms with Gasteiger partial charge in [-0.05, 0) is 84.5 Å². The second-order valence-electron chi connectivity index (χ2n) is 12.3. The standard InChI is InChI=1S/C35H46FN3O3/c1-23(2)15-31(39-20-29(26(5)16-33(39)40)13-14-38-21-30(36)22-38)19-37-32(18-34(41)42-6)27-11-8-12-28(17-27)35-24(3)9-7-10-25(35)4/h7-12,16-17,20,23,30-32,37H,13-15,18-19,21-22H2,1-6H3/t31-,32-/m0/s1. The second kappa shape index (κ2) is 14.3. The van der Waals surface area contributed by atoms with Crippen molar-refractivity contribution in [1.82, 2.24) is 14.8 Å². The molecule has 0 radical (unpaired) electrons. The molecule has 2 aromatic carbocycles. The first-order valence-electron chi connectivity index (χ1n) is 15.1. The molecule has 1 aromatic heterocycles. The molecule has 4 rings (SSSR count). The van der Waals surface area contributed by atoms with Crippen LogP contribution in [0.5, 0.6) is 0 Å². The summed E-state index contributed by atoms with van der Waals surface area (Å²) in [5.41, 5.74) is 7.77. The highest BCUT2D eigenvalue weighted by Gasteiger charge is 2.26. The van der Waals surface area contributed by atoms with Crippen molar-refractivity contribution in [3.8, 4) is 11.1 Å². The third-order valence-electron chi connectivity index (χ3n) is 8.40. The number of carbonyl (C=O) groups is 1. The molecule has 1 aliphatic heterocycles. The fraction of sp³-hybridized carbons (Fsp3) is 0.486. The number of aromatic nitrogens is 1. The van der Waals surface area contributed by atoms with E-state index in [9.17, 15) is 14.0 Å². The van der Waals surface area contributed by atoms with E-state index < -0.39 is 6.17 Å². The van der Waals surface area contributed by atoms with Gasteiger partial charge >= 0.3 is 5.97 Å². The van der Waals surface area contributed by atoms with Gasteiger partial charge in [0.25, 0.3) is 5.56 Å². The highest BCUT2D eigenvalue weighted by Crippen LogP contribution is 2.30. The number of benzene rings is 2. The second-order valence-corrected chi connectivity index (χ2v) is 12.3. The van der Waals surface area contributed by atoms with Crippen LogP contribution in [0.3, 0.4) is 0 Å². The van der Waals surface area contributed by atoms with Gasteiger partial charge in [-0.1, -0.05) is 50.2 Å². The van der Waals surface area contributed by atoms with Crippen LogP contribution in [0.1, 0.15) is 66.6 Å². The van der Waals surface area contributed by atoms with E-state index in [1.807, 2.05) is 29.8 Å². The van der Waals surface area contributed by atoms with Gasteiger partial charge < -0.3 is 14.6 Å². The fourth-order valence-corrected chi connectivity index (χ4v) is 6.06. The Balaban J connectivity index is 1.60. The molecule has 0 unspecified atom stereocenters. The summed E-state index contributed by atoms with van der Waals surface area (Å²) in [6.07, 6.45) is 3.03. The summed E-state index contributed by atoms with van der Waals surface area (Å²) in [5.74, 6) is 0.0733. The van der Waals surface area contributed by atoms with Crippen LogP contribution in [0.4, 0.5) is 4.39 Å². The Morgan fingerprint density at radius 1 is 1.05 bits per heavy atom. The lowest BCUT2D eigenvalue weighted by atomic mass is 9.92. The van der Waals surface area contributed by atoms with Gasteiger partial charge in [0.1, 0.15) is 6.17 Å². The SMILES string of the molecule is COC(=O)C[C@H](NC[C@H](CC(C)C)n1cc(CCN2CC(F)C2)c(C)cc1=O)c1cccc(-c2c(C)cccc2C)c1. The van der Waals surface area contributed by atoms with E-state index in [1.165, 1.54) is 23.8 Å². The van der Waals surface area contributed by atoms with Crippen LogP contribution in [-0.2, 0) is 16.0 Å². The number of rotatable bonds is 13. The van der Waals surface area contributed by atoms with Crippen molar-refractivity contribution in [3.63, 3.8) is 0 Å². The molecule has 7 heteroatoms. The number of alkyl halides is 1. The molecule has 1 aliphatic rings. The topological polar surface area (TPSA) is 63.6 Å². The number of nitrogens with zero attached hydrogens (tertiary/aromatic N) is 2. The summed E-state index contributed by atoms with van der Waals surface area (Å²) in [7, 11) is 1.41. The monoisotopic (exact) mass is 575 g/mol. The lowest BCUT2D eigenvalue weighted by molar-refractivity contribution is -0.141. The van der Waals surface area contributed by atoms with Crippen LogP contribution in [0.15, 0.2) is 59.5 Å². The third kappa shape index (κ3) is 7.96. The maximum absolute atomic E-state index is 13.3. The highest BCUT2D eigenvalue weighted by molar-refractivity contribution is 5.73. The number of hydrogen-bond donors (Lipinski definition) is 1. The van der Waals surface area contributed by atoms with Gasteiger partial charge in [0.2, 0.25) is 0 Å². The smallest absolute Gasteiger partial charge is 0.307 e. The molecule has 6 nitrogen and oxygen atoms in total. The van der Waals surface area contributed by atoms with E-state index in [1.54, 1.807) is 6.07 Å². The van der Waals surface area contributed by atoms with Gasteiger partial charge in [0.15, 0.2) is 0 Å². The lowest BCUT2D eigenvalue weighted by Crippen LogP contribution is -2.49. The Bertz CT molecular complexity index is 1410. The van der Waals surface area contributed by atoms with Crippen LogP contribution >= 0.6 is 0 Å². The minimum atomic E-state index is -0.721. The highest BCUT2D eigenvalue weighted by atomic mass is 19.1. The Morgan fingerprint density at radius 3 is 2.38 bits per heavy atom. The van der Waals surface area contributed by atoms with Crippen LogP contribution in [0.25, 0.3) is 11.1 Å². The first-order valence-corrected chi connectivity index (χ1v) is 15.1. The minimum Gasteiger partial charge on any atom is -0.469 e. The molecule has 0 amide bonds. The molecular formula is C35H46FN3O3. The zero-order valence-electron chi connectivity index (χ0n) is 26.0. The third-order valence-corrected chi connectivity index (χ3v) is 8.40.